The molecule has 0 radical (unpaired) electrons. The second-order valence-electron chi connectivity index (χ2n) is 3.65. The number of nitrogens with one attached hydrogen (secondary N) is 1. The van der Waals surface area contributed by atoms with E-state index in [2.05, 4.69) is 17.4 Å². The van der Waals surface area contributed by atoms with Gasteiger partial charge in [-0.3, -0.25) is 0 Å². The minimum Gasteiger partial charge on any atom is -0.366 e. The molecule has 0 saturated heterocycles. The zero-order chi connectivity index (χ0) is 10.1. The molecule has 2 rings (SSSR count). The summed E-state index contributed by atoms with van der Waals surface area (Å²) in [6.45, 7) is 2.07. The Bertz CT molecular complexity index is 375. The van der Waals surface area contributed by atoms with Gasteiger partial charge in [-0.1, -0.05) is 5.16 Å². The maximum Gasteiger partial charge on any atom is 0.242 e. The molecule has 0 aliphatic heterocycles. The Kier molecular flexibility index (Phi) is 2.04. The molecule has 0 amide bonds. The first-order chi connectivity index (χ1) is 6.72. The molecule has 14 heavy (non-hydrogen) atoms. The molecule has 1 heterocycles. The third-order valence-corrected chi connectivity index (χ3v) is 2.52. The summed E-state index contributed by atoms with van der Waals surface area (Å²) >= 11 is 0. The minimum atomic E-state index is 0.0815. The van der Waals surface area contributed by atoms with Gasteiger partial charge in [0.2, 0.25) is 5.88 Å². The molecule has 0 bridgehead atoms. The highest BCUT2D eigenvalue weighted by molar-refractivity contribution is 5.61. The highest BCUT2D eigenvalue weighted by Gasteiger charge is 2.29. The average molecular weight is 192 g/mol. The molecule has 0 aromatic carbocycles. The van der Waals surface area contributed by atoms with Crippen LogP contribution in [0.1, 0.15) is 25.3 Å². The van der Waals surface area contributed by atoms with Crippen molar-refractivity contribution >= 4 is 11.7 Å². The molecular formula is C9H12N4O. The molecule has 5 nitrogen and oxygen atoms in total. The highest BCUT2D eigenvalue weighted by Crippen LogP contribution is 2.34. The number of hydrogen-bond donors (Lipinski definition) is 2. The van der Waals surface area contributed by atoms with Crippen molar-refractivity contribution in [2.24, 2.45) is 5.92 Å². The predicted octanol–water partition coefficient (Wildman–Crippen LogP) is 1.34. The van der Waals surface area contributed by atoms with E-state index in [1.807, 2.05) is 6.07 Å². The standard InChI is InChI=1S/C9H12N4O/c1-5(6-2-3-6)12-9-7(4-10)8(11)14-13-9/h5-6H,2-3,11H2,1H3,(H,12,13). The quantitative estimate of drug-likeness (QED) is 0.754. The fourth-order valence-corrected chi connectivity index (χ4v) is 1.44. The summed E-state index contributed by atoms with van der Waals surface area (Å²) < 4.78 is 4.73. The summed E-state index contributed by atoms with van der Waals surface area (Å²) in [5.74, 6) is 1.24. The van der Waals surface area contributed by atoms with Crippen LogP contribution in [-0.2, 0) is 0 Å². The lowest BCUT2D eigenvalue weighted by atomic mass is 10.2. The van der Waals surface area contributed by atoms with E-state index in [0.29, 0.717) is 23.3 Å². The van der Waals surface area contributed by atoms with Gasteiger partial charge >= 0.3 is 0 Å². The third-order valence-electron chi connectivity index (χ3n) is 2.52. The van der Waals surface area contributed by atoms with Gasteiger partial charge in [-0.25, -0.2) is 0 Å². The summed E-state index contributed by atoms with van der Waals surface area (Å²) in [5, 5.41) is 15.6. The maximum absolute atomic E-state index is 8.79. The van der Waals surface area contributed by atoms with Crippen LogP contribution in [0, 0.1) is 17.2 Å². The van der Waals surface area contributed by atoms with E-state index in [0.717, 1.165) is 0 Å². The molecule has 1 atom stereocenters. The van der Waals surface area contributed by atoms with Crippen LogP contribution in [0.2, 0.25) is 0 Å². The Balaban J connectivity index is 2.12. The Morgan fingerprint density at radius 1 is 1.71 bits per heavy atom. The summed E-state index contributed by atoms with van der Waals surface area (Å²) in [4.78, 5) is 0. The Morgan fingerprint density at radius 3 is 3.00 bits per heavy atom. The molecule has 1 aromatic heterocycles. The topological polar surface area (TPSA) is 87.9 Å². The molecule has 1 unspecified atom stereocenters. The molecule has 1 aliphatic rings. The van der Waals surface area contributed by atoms with Gasteiger partial charge < -0.3 is 15.6 Å². The number of nitrogens with two attached hydrogens (primary N) is 1. The Morgan fingerprint density at radius 2 is 2.43 bits per heavy atom. The fourth-order valence-electron chi connectivity index (χ4n) is 1.44. The van der Waals surface area contributed by atoms with Crippen LogP contribution >= 0.6 is 0 Å². The number of nitriles is 1. The van der Waals surface area contributed by atoms with Gasteiger partial charge in [0.15, 0.2) is 11.4 Å². The summed E-state index contributed by atoms with van der Waals surface area (Å²) in [7, 11) is 0. The number of aromatic nitrogens is 1. The zero-order valence-electron chi connectivity index (χ0n) is 7.95. The maximum atomic E-state index is 8.79. The number of anilines is 2. The van der Waals surface area contributed by atoms with E-state index in [1.54, 1.807) is 0 Å². The van der Waals surface area contributed by atoms with Gasteiger partial charge in [-0.15, -0.1) is 0 Å². The van der Waals surface area contributed by atoms with Crippen molar-refractivity contribution in [3.63, 3.8) is 0 Å². The van der Waals surface area contributed by atoms with E-state index in [-0.39, 0.29) is 5.88 Å². The SMILES string of the molecule is CC(Nc1noc(N)c1C#N)C1CC1. The molecular weight excluding hydrogens is 180 g/mol. The lowest BCUT2D eigenvalue weighted by molar-refractivity contribution is 0.437. The van der Waals surface area contributed by atoms with Crippen LogP contribution in [0.5, 0.6) is 0 Å². The summed E-state index contributed by atoms with van der Waals surface area (Å²) in [6.07, 6.45) is 2.48. The predicted molar refractivity (Wildman–Crippen MR) is 51.4 cm³/mol. The molecule has 1 aromatic rings. The van der Waals surface area contributed by atoms with Gasteiger partial charge in [-0.05, 0) is 25.7 Å². The lowest BCUT2D eigenvalue weighted by Gasteiger charge is -2.10. The summed E-state index contributed by atoms with van der Waals surface area (Å²) in [6, 6.07) is 2.29. The van der Waals surface area contributed by atoms with E-state index >= 15 is 0 Å². The normalized spacial score (nSPS) is 17.4. The second kappa shape index (κ2) is 3.22. The summed E-state index contributed by atoms with van der Waals surface area (Å²) in [5.41, 5.74) is 5.73. The number of rotatable bonds is 3. The highest BCUT2D eigenvalue weighted by atomic mass is 16.5. The minimum absolute atomic E-state index is 0.0815. The van der Waals surface area contributed by atoms with Crippen LogP contribution in [0.15, 0.2) is 4.52 Å². The molecule has 1 saturated carbocycles. The average Bonchev–Trinajstić information content (AvgIpc) is 2.93. The Hall–Kier alpha value is -1.70. The van der Waals surface area contributed by atoms with Gasteiger partial charge in [0.05, 0.1) is 0 Å². The van der Waals surface area contributed by atoms with E-state index in [1.165, 1.54) is 12.8 Å². The van der Waals surface area contributed by atoms with Crippen LogP contribution in [-0.4, -0.2) is 11.2 Å². The first kappa shape index (κ1) is 8.88. The van der Waals surface area contributed by atoms with Crippen molar-refractivity contribution in [3.8, 4) is 6.07 Å². The monoisotopic (exact) mass is 192 g/mol. The number of nitrogens with zero attached hydrogens (tertiary/aromatic N) is 2. The van der Waals surface area contributed by atoms with Crippen LogP contribution in [0.3, 0.4) is 0 Å². The molecule has 1 fully saturated rings. The smallest absolute Gasteiger partial charge is 0.242 e. The first-order valence-corrected chi connectivity index (χ1v) is 4.64. The fraction of sp³-hybridized carbons (Fsp3) is 0.556. The largest absolute Gasteiger partial charge is 0.366 e. The van der Waals surface area contributed by atoms with Crippen LogP contribution < -0.4 is 11.1 Å². The van der Waals surface area contributed by atoms with E-state index in [4.69, 9.17) is 15.5 Å². The van der Waals surface area contributed by atoms with Crippen molar-refractivity contribution in [1.29, 1.82) is 5.26 Å². The van der Waals surface area contributed by atoms with Crippen molar-refractivity contribution in [3.05, 3.63) is 5.56 Å². The molecule has 1 aliphatic carbocycles. The second-order valence-corrected chi connectivity index (χ2v) is 3.65. The molecule has 3 N–H and O–H groups in total. The van der Waals surface area contributed by atoms with Gasteiger partial charge in [0.25, 0.3) is 0 Å². The van der Waals surface area contributed by atoms with Crippen LogP contribution in [0.4, 0.5) is 11.7 Å². The van der Waals surface area contributed by atoms with Crippen LogP contribution in [0.25, 0.3) is 0 Å². The first-order valence-electron chi connectivity index (χ1n) is 4.64. The number of nitrogen functional groups attached to an aromatic ring is 1. The van der Waals surface area contributed by atoms with E-state index in [9.17, 15) is 0 Å². The van der Waals surface area contributed by atoms with Gasteiger partial charge in [0, 0.05) is 6.04 Å². The van der Waals surface area contributed by atoms with Crippen molar-refractivity contribution in [2.45, 2.75) is 25.8 Å². The van der Waals surface area contributed by atoms with E-state index < -0.39 is 0 Å². The zero-order valence-corrected chi connectivity index (χ0v) is 7.95. The van der Waals surface area contributed by atoms with Crippen molar-refractivity contribution in [2.75, 3.05) is 11.1 Å². The third kappa shape index (κ3) is 1.51. The van der Waals surface area contributed by atoms with Gasteiger partial charge in [0.1, 0.15) is 6.07 Å². The van der Waals surface area contributed by atoms with Gasteiger partial charge in [-0.2, -0.15) is 5.26 Å². The molecule has 0 spiro atoms. The van der Waals surface area contributed by atoms with Crippen molar-refractivity contribution in [1.82, 2.24) is 5.16 Å². The molecule has 74 valence electrons. The lowest BCUT2D eigenvalue weighted by Crippen LogP contribution is -2.18. The number of hydrogen-bond acceptors (Lipinski definition) is 5. The Labute approximate surface area is 81.9 Å². The molecule has 5 heteroatoms. The van der Waals surface area contributed by atoms with Crippen molar-refractivity contribution < 1.29 is 4.52 Å².